The Balaban J connectivity index is 1.88. The number of amides is 1. The Morgan fingerprint density at radius 2 is 2.31 bits per heavy atom. The fourth-order valence-electron chi connectivity index (χ4n) is 2.69. The highest BCUT2D eigenvalue weighted by Crippen LogP contribution is 2.34. The zero-order chi connectivity index (χ0) is 11.1. The lowest BCUT2D eigenvalue weighted by molar-refractivity contribution is -0.122. The molecule has 4 heteroatoms. The SMILES string of the molecule is Cc1ccc(C2NC(=O)C3CCCCN32)s1. The van der Waals surface area contributed by atoms with Gasteiger partial charge in [-0.25, -0.2) is 0 Å². The zero-order valence-electron chi connectivity index (χ0n) is 9.40. The molecular weight excluding hydrogens is 220 g/mol. The maximum atomic E-state index is 11.9. The topological polar surface area (TPSA) is 32.3 Å². The molecular formula is C12H16N2OS. The Kier molecular flexibility index (Phi) is 2.48. The summed E-state index contributed by atoms with van der Waals surface area (Å²) in [7, 11) is 0. The molecule has 3 rings (SSSR count). The molecule has 0 aliphatic carbocycles. The highest BCUT2D eigenvalue weighted by Gasteiger charge is 2.41. The molecule has 16 heavy (non-hydrogen) atoms. The quantitative estimate of drug-likeness (QED) is 0.809. The molecule has 2 aliphatic rings. The molecule has 1 aromatic rings. The molecule has 0 saturated carbocycles. The summed E-state index contributed by atoms with van der Waals surface area (Å²) < 4.78 is 0. The largest absolute Gasteiger partial charge is 0.334 e. The predicted octanol–water partition coefficient (Wildman–Crippen LogP) is 2.04. The van der Waals surface area contributed by atoms with E-state index in [9.17, 15) is 4.79 Å². The van der Waals surface area contributed by atoms with E-state index in [0.29, 0.717) is 0 Å². The van der Waals surface area contributed by atoms with Gasteiger partial charge in [-0.05, 0) is 31.9 Å². The molecule has 86 valence electrons. The van der Waals surface area contributed by atoms with Crippen molar-refractivity contribution in [3.05, 3.63) is 21.9 Å². The number of nitrogens with one attached hydrogen (secondary N) is 1. The fraction of sp³-hybridized carbons (Fsp3) is 0.583. The molecule has 0 spiro atoms. The maximum Gasteiger partial charge on any atom is 0.238 e. The lowest BCUT2D eigenvalue weighted by atomic mass is 10.0. The minimum absolute atomic E-state index is 0.126. The van der Waals surface area contributed by atoms with E-state index in [1.165, 1.54) is 22.6 Å². The summed E-state index contributed by atoms with van der Waals surface area (Å²) in [6.07, 6.45) is 3.56. The van der Waals surface area contributed by atoms with Gasteiger partial charge in [-0.1, -0.05) is 6.42 Å². The highest BCUT2D eigenvalue weighted by atomic mass is 32.1. The van der Waals surface area contributed by atoms with Gasteiger partial charge < -0.3 is 5.32 Å². The number of thiophene rings is 1. The van der Waals surface area contributed by atoms with Crippen molar-refractivity contribution in [1.82, 2.24) is 10.2 Å². The van der Waals surface area contributed by atoms with Crippen LogP contribution in [0.25, 0.3) is 0 Å². The van der Waals surface area contributed by atoms with Crippen LogP contribution in [-0.4, -0.2) is 23.4 Å². The first-order valence-corrected chi connectivity index (χ1v) is 6.70. The first-order valence-electron chi connectivity index (χ1n) is 5.88. The lowest BCUT2D eigenvalue weighted by Gasteiger charge is -2.30. The summed E-state index contributed by atoms with van der Waals surface area (Å²) >= 11 is 1.79. The molecule has 1 aromatic heterocycles. The van der Waals surface area contributed by atoms with E-state index in [2.05, 4.69) is 29.3 Å². The molecule has 0 bridgehead atoms. The molecule has 2 fully saturated rings. The van der Waals surface area contributed by atoms with Crippen molar-refractivity contribution in [2.45, 2.75) is 38.4 Å². The van der Waals surface area contributed by atoms with Gasteiger partial charge in [0, 0.05) is 16.3 Å². The molecule has 0 aromatic carbocycles. The van der Waals surface area contributed by atoms with Gasteiger partial charge in [0.05, 0.1) is 6.04 Å². The second kappa shape index (κ2) is 3.86. The average molecular weight is 236 g/mol. The molecule has 0 radical (unpaired) electrons. The van der Waals surface area contributed by atoms with Crippen LogP contribution in [0.1, 0.15) is 35.2 Å². The minimum Gasteiger partial charge on any atom is -0.334 e. The van der Waals surface area contributed by atoms with Crippen LogP contribution in [0.5, 0.6) is 0 Å². The number of hydrogen-bond donors (Lipinski definition) is 1. The molecule has 2 saturated heterocycles. The van der Waals surface area contributed by atoms with E-state index < -0.39 is 0 Å². The Labute approximate surface area is 99.5 Å². The summed E-state index contributed by atoms with van der Waals surface area (Å²) in [6.45, 7) is 3.16. The van der Waals surface area contributed by atoms with Crippen molar-refractivity contribution in [3.8, 4) is 0 Å². The summed E-state index contributed by atoms with van der Waals surface area (Å²) in [6, 6.07) is 4.40. The van der Waals surface area contributed by atoms with Crippen LogP contribution < -0.4 is 5.32 Å². The van der Waals surface area contributed by atoms with Crippen LogP contribution in [0, 0.1) is 6.92 Å². The Bertz CT molecular complexity index is 415. The van der Waals surface area contributed by atoms with Crippen molar-refractivity contribution in [2.75, 3.05) is 6.54 Å². The number of nitrogens with zero attached hydrogens (tertiary/aromatic N) is 1. The smallest absolute Gasteiger partial charge is 0.238 e. The van der Waals surface area contributed by atoms with E-state index in [1.54, 1.807) is 11.3 Å². The minimum atomic E-state index is 0.126. The van der Waals surface area contributed by atoms with Gasteiger partial charge in [-0.2, -0.15) is 0 Å². The van der Waals surface area contributed by atoms with E-state index >= 15 is 0 Å². The highest BCUT2D eigenvalue weighted by molar-refractivity contribution is 7.12. The third-order valence-electron chi connectivity index (χ3n) is 3.49. The number of carbonyl (C=O) groups excluding carboxylic acids is 1. The Morgan fingerprint density at radius 1 is 1.44 bits per heavy atom. The fourth-order valence-corrected chi connectivity index (χ4v) is 3.64. The summed E-state index contributed by atoms with van der Waals surface area (Å²) in [5, 5.41) is 3.12. The van der Waals surface area contributed by atoms with Crippen molar-refractivity contribution in [2.24, 2.45) is 0 Å². The van der Waals surface area contributed by atoms with Crippen LogP contribution in [0.15, 0.2) is 12.1 Å². The normalized spacial score (nSPS) is 30.2. The molecule has 2 aliphatic heterocycles. The third-order valence-corrected chi connectivity index (χ3v) is 4.54. The number of piperidine rings is 1. The van der Waals surface area contributed by atoms with Gasteiger partial charge in [-0.15, -0.1) is 11.3 Å². The summed E-state index contributed by atoms with van der Waals surface area (Å²) in [5.74, 6) is 0.218. The molecule has 2 atom stereocenters. The number of rotatable bonds is 1. The second-order valence-corrected chi connectivity index (χ2v) is 5.93. The van der Waals surface area contributed by atoms with Gasteiger partial charge in [0.15, 0.2) is 0 Å². The lowest BCUT2D eigenvalue weighted by Crippen LogP contribution is -2.38. The van der Waals surface area contributed by atoms with E-state index in [0.717, 1.165) is 13.0 Å². The van der Waals surface area contributed by atoms with Gasteiger partial charge in [0.1, 0.15) is 6.17 Å². The number of hydrogen-bond acceptors (Lipinski definition) is 3. The van der Waals surface area contributed by atoms with E-state index in [-0.39, 0.29) is 18.1 Å². The molecule has 3 nitrogen and oxygen atoms in total. The van der Waals surface area contributed by atoms with Gasteiger partial charge >= 0.3 is 0 Å². The number of fused-ring (bicyclic) bond motifs is 1. The van der Waals surface area contributed by atoms with Crippen LogP contribution >= 0.6 is 11.3 Å². The molecule has 3 heterocycles. The van der Waals surface area contributed by atoms with Crippen molar-refractivity contribution >= 4 is 17.2 Å². The molecule has 1 N–H and O–H groups in total. The zero-order valence-corrected chi connectivity index (χ0v) is 10.2. The third kappa shape index (κ3) is 1.57. The van der Waals surface area contributed by atoms with E-state index in [4.69, 9.17) is 0 Å². The van der Waals surface area contributed by atoms with Crippen molar-refractivity contribution < 1.29 is 4.79 Å². The van der Waals surface area contributed by atoms with Gasteiger partial charge in [0.25, 0.3) is 0 Å². The van der Waals surface area contributed by atoms with Gasteiger partial charge in [-0.3, -0.25) is 9.69 Å². The van der Waals surface area contributed by atoms with Crippen LogP contribution in [0.4, 0.5) is 0 Å². The van der Waals surface area contributed by atoms with Crippen LogP contribution in [0.3, 0.4) is 0 Å². The van der Waals surface area contributed by atoms with Crippen LogP contribution in [0.2, 0.25) is 0 Å². The van der Waals surface area contributed by atoms with Crippen LogP contribution in [-0.2, 0) is 4.79 Å². The molecule has 1 amide bonds. The monoisotopic (exact) mass is 236 g/mol. The first kappa shape index (κ1) is 10.3. The first-order chi connectivity index (χ1) is 7.75. The van der Waals surface area contributed by atoms with Gasteiger partial charge in [0.2, 0.25) is 5.91 Å². The van der Waals surface area contributed by atoms with E-state index in [1.807, 2.05) is 0 Å². The standard InChI is InChI=1S/C12H16N2OS/c1-8-5-6-10(16-8)11-13-12(15)9-4-2-3-7-14(9)11/h5-6,9,11H,2-4,7H2,1H3,(H,13,15). The second-order valence-electron chi connectivity index (χ2n) is 4.61. The maximum absolute atomic E-state index is 11.9. The molecule has 2 unspecified atom stereocenters. The summed E-state index contributed by atoms with van der Waals surface area (Å²) in [5.41, 5.74) is 0. The average Bonchev–Trinajstić information content (AvgIpc) is 2.84. The number of carbonyl (C=O) groups is 1. The van der Waals surface area contributed by atoms with Crippen molar-refractivity contribution in [3.63, 3.8) is 0 Å². The number of aryl methyl sites for hydroxylation is 1. The predicted molar refractivity (Wildman–Crippen MR) is 64.3 cm³/mol. The Hall–Kier alpha value is -0.870. The van der Waals surface area contributed by atoms with Crippen molar-refractivity contribution in [1.29, 1.82) is 0 Å². The summed E-state index contributed by atoms with van der Waals surface area (Å²) in [4.78, 5) is 16.8. The Morgan fingerprint density at radius 3 is 3.06 bits per heavy atom.